The maximum atomic E-state index is 11.4. The molecule has 0 aliphatic carbocycles. The number of rotatable bonds is 6. The standard InChI is InChI=1S/C12H17N3O3/c1-2-3-4-9-13-12(16)14-10-5-7-11(8-6-10)15(17)18/h5-8H,2-4,9H2,1H3,(H2,13,14,16). The van der Waals surface area contributed by atoms with Gasteiger partial charge in [-0.05, 0) is 18.6 Å². The Bertz CT molecular complexity index is 404. The Labute approximate surface area is 106 Å². The van der Waals surface area contributed by atoms with Gasteiger partial charge < -0.3 is 10.6 Å². The lowest BCUT2D eigenvalue weighted by Crippen LogP contribution is -2.29. The predicted molar refractivity (Wildman–Crippen MR) is 69.6 cm³/mol. The summed E-state index contributed by atoms with van der Waals surface area (Å²) in [6.45, 7) is 2.73. The Hall–Kier alpha value is -2.11. The second-order valence-corrected chi connectivity index (χ2v) is 3.89. The van der Waals surface area contributed by atoms with E-state index < -0.39 is 4.92 Å². The summed E-state index contributed by atoms with van der Waals surface area (Å²) in [5.41, 5.74) is 0.539. The van der Waals surface area contributed by atoms with Crippen LogP contribution in [0.15, 0.2) is 24.3 Å². The minimum absolute atomic E-state index is 0.00361. The fraction of sp³-hybridized carbons (Fsp3) is 0.417. The van der Waals surface area contributed by atoms with Crippen molar-refractivity contribution in [2.24, 2.45) is 0 Å². The van der Waals surface area contributed by atoms with Crippen LogP contribution in [0.3, 0.4) is 0 Å². The largest absolute Gasteiger partial charge is 0.338 e. The summed E-state index contributed by atoms with van der Waals surface area (Å²) in [5.74, 6) is 0. The third-order valence-corrected chi connectivity index (χ3v) is 2.40. The quantitative estimate of drug-likeness (QED) is 0.463. The van der Waals surface area contributed by atoms with Gasteiger partial charge in [0.2, 0.25) is 0 Å². The van der Waals surface area contributed by atoms with E-state index in [0.29, 0.717) is 12.2 Å². The lowest BCUT2D eigenvalue weighted by atomic mass is 10.2. The molecule has 2 N–H and O–H groups in total. The zero-order valence-corrected chi connectivity index (χ0v) is 10.3. The lowest BCUT2D eigenvalue weighted by Gasteiger charge is -2.06. The normalized spacial score (nSPS) is 9.83. The summed E-state index contributed by atoms with van der Waals surface area (Å²) >= 11 is 0. The maximum absolute atomic E-state index is 11.4. The summed E-state index contributed by atoms with van der Waals surface area (Å²) in [4.78, 5) is 21.4. The van der Waals surface area contributed by atoms with Crippen LogP contribution >= 0.6 is 0 Å². The maximum Gasteiger partial charge on any atom is 0.319 e. The van der Waals surface area contributed by atoms with Gasteiger partial charge in [-0.3, -0.25) is 10.1 Å². The molecule has 0 aromatic heterocycles. The number of nitro benzene ring substituents is 1. The molecule has 0 radical (unpaired) electrons. The van der Waals surface area contributed by atoms with Crippen LogP contribution in [0.25, 0.3) is 0 Å². The third-order valence-electron chi connectivity index (χ3n) is 2.40. The van der Waals surface area contributed by atoms with Gasteiger partial charge in [0, 0.05) is 24.4 Å². The average molecular weight is 251 g/mol. The predicted octanol–water partition coefficient (Wildman–Crippen LogP) is 2.91. The summed E-state index contributed by atoms with van der Waals surface area (Å²) in [6, 6.07) is 5.42. The molecule has 1 aromatic rings. The van der Waals surface area contributed by atoms with Crippen LogP contribution in [0.2, 0.25) is 0 Å². The van der Waals surface area contributed by atoms with Crippen LogP contribution < -0.4 is 10.6 Å². The molecule has 0 aliphatic rings. The molecule has 18 heavy (non-hydrogen) atoms. The molecule has 6 heteroatoms. The van der Waals surface area contributed by atoms with Gasteiger partial charge in [0.25, 0.3) is 5.69 Å². The summed E-state index contributed by atoms with van der Waals surface area (Å²) in [6.07, 6.45) is 3.13. The molecule has 0 fully saturated rings. The molecular formula is C12H17N3O3. The number of benzene rings is 1. The smallest absolute Gasteiger partial charge is 0.319 e. The van der Waals surface area contributed by atoms with Crippen LogP contribution in [-0.4, -0.2) is 17.5 Å². The van der Waals surface area contributed by atoms with E-state index in [1.54, 1.807) is 0 Å². The van der Waals surface area contributed by atoms with Gasteiger partial charge >= 0.3 is 6.03 Å². The van der Waals surface area contributed by atoms with E-state index in [1.165, 1.54) is 24.3 Å². The highest BCUT2D eigenvalue weighted by Gasteiger charge is 2.05. The van der Waals surface area contributed by atoms with Crippen molar-refractivity contribution < 1.29 is 9.72 Å². The minimum atomic E-state index is -0.478. The first kappa shape index (κ1) is 14.0. The molecule has 0 saturated heterocycles. The molecule has 0 spiro atoms. The van der Waals surface area contributed by atoms with Gasteiger partial charge in [-0.15, -0.1) is 0 Å². The first-order valence-corrected chi connectivity index (χ1v) is 5.92. The third kappa shape index (κ3) is 4.82. The number of nitrogens with zero attached hydrogens (tertiary/aromatic N) is 1. The number of anilines is 1. The highest BCUT2D eigenvalue weighted by molar-refractivity contribution is 5.89. The zero-order chi connectivity index (χ0) is 13.4. The average Bonchev–Trinajstić information content (AvgIpc) is 2.35. The number of nitro groups is 1. The van der Waals surface area contributed by atoms with Gasteiger partial charge in [0.15, 0.2) is 0 Å². The number of nitrogens with one attached hydrogen (secondary N) is 2. The Kier molecular flexibility index (Phi) is 5.63. The van der Waals surface area contributed by atoms with Crippen molar-refractivity contribution in [1.82, 2.24) is 5.32 Å². The number of unbranched alkanes of at least 4 members (excludes halogenated alkanes) is 2. The second kappa shape index (κ2) is 7.26. The van der Waals surface area contributed by atoms with Gasteiger partial charge in [0.05, 0.1) is 4.92 Å². The van der Waals surface area contributed by atoms with Crippen LogP contribution in [0.4, 0.5) is 16.2 Å². The van der Waals surface area contributed by atoms with Crippen LogP contribution in [0.1, 0.15) is 26.2 Å². The van der Waals surface area contributed by atoms with Gasteiger partial charge in [0.1, 0.15) is 0 Å². The van der Waals surface area contributed by atoms with E-state index in [1.807, 2.05) is 0 Å². The molecule has 0 atom stereocenters. The highest BCUT2D eigenvalue weighted by atomic mass is 16.6. The van der Waals surface area contributed by atoms with Gasteiger partial charge in [-0.1, -0.05) is 19.8 Å². The van der Waals surface area contributed by atoms with E-state index >= 15 is 0 Å². The monoisotopic (exact) mass is 251 g/mol. The van der Waals surface area contributed by atoms with Crippen molar-refractivity contribution in [1.29, 1.82) is 0 Å². The molecule has 6 nitrogen and oxygen atoms in total. The Morgan fingerprint density at radius 2 is 1.94 bits per heavy atom. The van der Waals surface area contributed by atoms with E-state index in [0.717, 1.165) is 19.3 Å². The van der Waals surface area contributed by atoms with Gasteiger partial charge in [-0.2, -0.15) is 0 Å². The second-order valence-electron chi connectivity index (χ2n) is 3.89. The van der Waals surface area contributed by atoms with Crippen LogP contribution in [-0.2, 0) is 0 Å². The molecular weight excluding hydrogens is 234 g/mol. The van der Waals surface area contributed by atoms with Crippen molar-refractivity contribution >= 4 is 17.4 Å². The van der Waals surface area contributed by atoms with Crippen molar-refractivity contribution in [3.8, 4) is 0 Å². The molecule has 1 aromatic carbocycles. The molecule has 2 amide bonds. The lowest BCUT2D eigenvalue weighted by molar-refractivity contribution is -0.384. The molecule has 0 unspecified atom stereocenters. The van der Waals surface area contributed by atoms with Crippen molar-refractivity contribution in [2.75, 3.05) is 11.9 Å². The number of carbonyl (C=O) groups excluding carboxylic acids is 1. The van der Waals surface area contributed by atoms with Crippen LogP contribution in [0, 0.1) is 10.1 Å². The van der Waals surface area contributed by atoms with E-state index in [4.69, 9.17) is 0 Å². The number of carbonyl (C=O) groups is 1. The van der Waals surface area contributed by atoms with Crippen molar-refractivity contribution in [2.45, 2.75) is 26.2 Å². The SMILES string of the molecule is CCCCCNC(=O)Nc1ccc([N+](=O)[O-])cc1. The molecule has 98 valence electrons. The molecule has 0 bridgehead atoms. The topological polar surface area (TPSA) is 84.3 Å². The van der Waals surface area contributed by atoms with Gasteiger partial charge in [-0.25, -0.2) is 4.79 Å². The number of urea groups is 1. The highest BCUT2D eigenvalue weighted by Crippen LogP contribution is 2.15. The fourth-order valence-corrected chi connectivity index (χ4v) is 1.42. The first-order chi connectivity index (χ1) is 8.63. The summed E-state index contributed by atoms with van der Waals surface area (Å²) in [7, 11) is 0. The summed E-state index contributed by atoms with van der Waals surface area (Å²) < 4.78 is 0. The molecule has 1 rings (SSSR count). The Morgan fingerprint density at radius 3 is 2.50 bits per heavy atom. The fourth-order valence-electron chi connectivity index (χ4n) is 1.42. The Morgan fingerprint density at radius 1 is 1.28 bits per heavy atom. The molecule has 0 aliphatic heterocycles. The summed E-state index contributed by atoms with van der Waals surface area (Å²) in [5, 5.41) is 15.8. The van der Waals surface area contributed by atoms with Crippen LogP contribution in [0.5, 0.6) is 0 Å². The van der Waals surface area contributed by atoms with E-state index in [-0.39, 0.29) is 11.7 Å². The number of hydrogen-bond donors (Lipinski definition) is 2. The van der Waals surface area contributed by atoms with Crippen molar-refractivity contribution in [3.05, 3.63) is 34.4 Å². The molecule has 0 heterocycles. The minimum Gasteiger partial charge on any atom is -0.338 e. The zero-order valence-electron chi connectivity index (χ0n) is 10.3. The molecule has 0 saturated carbocycles. The number of hydrogen-bond acceptors (Lipinski definition) is 3. The Balaban J connectivity index is 2.37. The number of non-ortho nitro benzene ring substituents is 1. The van der Waals surface area contributed by atoms with Crippen molar-refractivity contribution in [3.63, 3.8) is 0 Å². The van der Waals surface area contributed by atoms with E-state index in [2.05, 4.69) is 17.6 Å². The number of amides is 2. The first-order valence-electron chi connectivity index (χ1n) is 5.92. The van der Waals surface area contributed by atoms with E-state index in [9.17, 15) is 14.9 Å².